The van der Waals surface area contributed by atoms with Gasteiger partial charge in [0, 0.05) is 34.1 Å². The summed E-state index contributed by atoms with van der Waals surface area (Å²) < 4.78 is 26.9. The molecule has 0 atom stereocenters. The van der Waals surface area contributed by atoms with Gasteiger partial charge in [-0.15, -0.1) is 0 Å². The third-order valence-corrected chi connectivity index (χ3v) is 7.74. The number of sulfonamides is 1. The Hall–Kier alpha value is -1.02. The Morgan fingerprint density at radius 1 is 0.966 bits per heavy atom. The highest BCUT2D eigenvalue weighted by atomic mass is 35.5. The van der Waals surface area contributed by atoms with Crippen molar-refractivity contribution in [3.8, 4) is 0 Å². The molecule has 10 heteroatoms. The molecule has 0 saturated carbocycles. The van der Waals surface area contributed by atoms with Crippen LogP contribution in [0.1, 0.15) is 18.4 Å². The van der Waals surface area contributed by atoms with Gasteiger partial charge in [0.05, 0.1) is 16.5 Å². The second-order valence-corrected chi connectivity index (χ2v) is 10.4. The lowest BCUT2D eigenvalue weighted by molar-refractivity contribution is -0.120. The second kappa shape index (κ2) is 9.41. The predicted molar refractivity (Wildman–Crippen MR) is 118 cm³/mol. The summed E-state index contributed by atoms with van der Waals surface area (Å²) in [6.45, 7) is 0.518. The van der Waals surface area contributed by atoms with Crippen LogP contribution < -0.4 is 5.32 Å². The molecule has 0 spiro atoms. The molecule has 5 nitrogen and oxygen atoms in total. The highest BCUT2D eigenvalue weighted by molar-refractivity contribution is 7.88. The first-order chi connectivity index (χ1) is 13.7. The van der Waals surface area contributed by atoms with Crippen LogP contribution in [-0.4, -0.2) is 31.7 Å². The first-order valence-corrected chi connectivity index (χ1v) is 12.0. The van der Waals surface area contributed by atoms with E-state index in [-0.39, 0.29) is 30.7 Å². The zero-order valence-electron chi connectivity index (χ0n) is 15.2. The maximum absolute atomic E-state index is 12.7. The first-order valence-electron chi connectivity index (χ1n) is 8.83. The fourth-order valence-electron chi connectivity index (χ4n) is 3.15. The van der Waals surface area contributed by atoms with Gasteiger partial charge < -0.3 is 5.32 Å². The average molecular weight is 496 g/mol. The summed E-state index contributed by atoms with van der Waals surface area (Å²) in [5, 5.41) is 4.39. The summed E-state index contributed by atoms with van der Waals surface area (Å²) in [6.07, 6.45) is 0.829. The van der Waals surface area contributed by atoms with Crippen molar-refractivity contribution in [1.82, 2.24) is 4.31 Å². The van der Waals surface area contributed by atoms with E-state index in [9.17, 15) is 13.2 Å². The quantitative estimate of drug-likeness (QED) is 0.597. The van der Waals surface area contributed by atoms with E-state index in [2.05, 4.69) is 5.32 Å². The molecule has 29 heavy (non-hydrogen) atoms. The van der Waals surface area contributed by atoms with Crippen molar-refractivity contribution in [1.29, 1.82) is 0 Å². The van der Waals surface area contributed by atoms with E-state index in [1.54, 1.807) is 30.3 Å². The molecule has 2 aromatic rings. The molecule has 1 aliphatic rings. The molecular weight excluding hydrogens is 478 g/mol. The van der Waals surface area contributed by atoms with Crippen LogP contribution in [0.15, 0.2) is 36.4 Å². The van der Waals surface area contributed by atoms with Crippen LogP contribution >= 0.6 is 46.4 Å². The lowest BCUT2D eigenvalue weighted by Crippen LogP contribution is -2.41. The molecule has 1 aliphatic heterocycles. The fourth-order valence-corrected chi connectivity index (χ4v) is 5.64. The molecule has 1 heterocycles. The average Bonchev–Trinajstić information content (AvgIpc) is 2.67. The Morgan fingerprint density at radius 3 is 2.24 bits per heavy atom. The van der Waals surface area contributed by atoms with Crippen LogP contribution in [0.2, 0.25) is 20.1 Å². The van der Waals surface area contributed by atoms with E-state index in [1.807, 2.05) is 0 Å². The molecular formula is C19H18Cl4N2O3S. The Morgan fingerprint density at radius 2 is 1.59 bits per heavy atom. The van der Waals surface area contributed by atoms with Crippen LogP contribution in [0.25, 0.3) is 0 Å². The van der Waals surface area contributed by atoms with Gasteiger partial charge in [-0.2, -0.15) is 0 Å². The second-order valence-electron chi connectivity index (χ2n) is 6.78. The number of carbonyl (C=O) groups is 1. The maximum Gasteiger partial charge on any atom is 0.227 e. The summed E-state index contributed by atoms with van der Waals surface area (Å²) in [5.74, 6) is -0.722. The van der Waals surface area contributed by atoms with Gasteiger partial charge in [-0.05, 0) is 48.7 Å². The SMILES string of the molecule is O=C(Nc1cc(Cl)ccc1Cl)C1CCN(S(=O)(=O)Cc2ccc(Cl)cc2Cl)CC1. The van der Waals surface area contributed by atoms with Crippen molar-refractivity contribution >= 4 is 68.0 Å². The number of nitrogens with zero attached hydrogens (tertiary/aromatic N) is 1. The zero-order valence-corrected chi connectivity index (χ0v) is 19.0. The monoisotopic (exact) mass is 494 g/mol. The minimum absolute atomic E-state index is 0.202. The fraction of sp³-hybridized carbons (Fsp3) is 0.316. The van der Waals surface area contributed by atoms with Gasteiger partial charge in [-0.25, -0.2) is 12.7 Å². The lowest BCUT2D eigenvalue weighted by Gasteiger charge is -2.30. The van der Waals surface area contributed by atoms with Gasteiger partial charge >= 0.3 is 0 Å². The minimum atomic E-state index is -3.56. The van der Waals surface area contributed by atoms with E-state index >= 15 is 0 Å². The van der Waals surface area contributed by atoms with Crippen LogP contribution in [0.5, 0.6) is 0 Å². The highest BCUT2D eigenvalue weighted by Gasteiger charge is 2.31. The first kappa shape index (κ1) is 22.7. The maximum atomic E-state index is 12.7. The smallest absolute Gasteiger partial charge is 0.227 e. The number of benzene rings is 2. The summed E-state index contributed by atoms with van der Waals surface area (Å²) >= 11 is 24.0. The van der Waals surface area contributed by atoms with Crippen LogP contribution in [-0.2, 0) is 20.6 Å². The predicted octanol–water partition coefficient (Wildman–Crippen LogP) is 5.48. The Balaban J connectivity index is 1.60. The van der Waals surface area contributed by atoms with E-state index in [1.165, 1.54) is 10.4 Å². The number of hydrogen-bond donors (Lipinski definition) is 1. The molecule has 0 aliphatic carbocycles. The largest absolute Gasteiger partial charge is 0.324 e. The van der Waals surface area contributed by atoms with E-state index in [4.69, 9.17) is 46.4 Å². The molecule has 1 N–H and O–H groups in total. The summed E-state index contributed by atoms with van der Waals surface area (Å²) in [4.78, 5) is 12.5. The van der Waals surface area contributed by atoms with Crippen LogP contribution in [0.4, 0.5) is 5.69 Å². The number of nitrogens with one attached hydrogen (secondary N) is 1. The van der Waals surface area contributed by atoms with Gasteiger partial charge in [-0.1, -0.05) is 52.5 Å². The Kier molecular flexibility index (Phi) is 7.36. The minimum Gasteiger partial charge on any atom is -0.324 e. The molecule has 1 fully saturated rings. The van der Waals surface area contributed by atoms with Gasteiger partial charge in [0.15, 0.2) is 0 Å². The number of halogens is 4. The zero-order chi connectivity index (χ0) is 21.2. The van der Waals surface area contributed by atoms with Crippen molar-refractivity contribution in [3.63, 3.8) is 0 Å². The Bertz CT molecular complexity index is 1020. The van der Waals surface area contributed by atoms with Crippen molar-refractivity contribution in [2.24, 2.45) is 5.92 Å². The molecule has 2 aromatic carbocycles. The van der Waals surface area contributed by atoms with Crippen molar-refractivity contribution < 1.29 is 13.2 Å². The molecule has 3 rings (SSSR count). The lowest BCUT2D eigenvalue weighted by atomic mass is 9.97. The number of amides is 1. The van der Waals surface area contributed by atoms with Gasteiger partial charge in [0.25, 0.3) is 0 Å². The van der Waals surface area contributed by atoms with Crippen molar-refractivity contribution in [2.75, 3.05) is 18.4 Å². The van der Waals surface area contributed by atoms with Crippen LogP contribution in [0.3, 0.4) is 0 Å². The Labute approximate surface area is 189 Å². The molecule has 1 saturated heterocycles. The van der Waals surface area contributed by atoms with E-state index in [0.29, 0.717) is 44.2 Å². The number of carbonyl (C=O) groups excluding carboxylic acids is 1. The molecule has 0 radical (unpaired) electrons. The number of piperidine rings is 1. The van der Waals surface area contributed by atoms with E-state index in [0.717, 1.165) is 0 Å². The van der Waals surface area contributed by atoms with Gasteiger partial charge in [0.2, 0.25) is 15.9 Å². The van der Waals surface area contributed by atoms with Crippen molar-refractivity contribution in [2.45, 2.75) is 18.6 Å². The summed E-state index contributed by atoms with van der Waals surface area (Å²) in [6, 6.07) is 9.56. The topological polar surface area (TPSA) is 66.5 Å². The number of anilines is 1. The van der Waals surface area contributed by atoms with Gasteiger partial charge in [0.1, 0.15) is 0 Å². The van der Waals surface area contributed by atoms with E-state index < -0.39 is 10.0 Å². The standard InChI is InChI=1S/C19H18Cl4N2O3S/c20-14-2-1-13(17(23)9-14)11-29(27,28)25-7-5-12(6-8-25)19(26)24-18-10-15(21)3-4-16(18)22/h1-4,9-10,12H,5-8,11H2,(H,24,26). The van der Waals surface area contributed by atoms with Gasteiger partial charge in [-0.3, -0.25) is 4.79 Å². The molecule has 0 unspecified atom stereocenters. The highest BCUT2D eigenvalue weighted by Crippen LogP contribution is 2.29. The molecule has 1 amide bonds. The number of hydrogen-bond acceptors (Lipinski definition) is 3. The van der Waals surface area contributed by atoms with Crippen molar-refractivity contribution in [3.05, 3.63) is 62.1 Å². The normalized spacial score (nSPS) is 16.0. The third kappa shape index (κ3) is 5.78. The molecule has 0 bridgehead atoms. The third-order valence-electron chi connectivity index (χ3n) is 4.76. The van der Waals surface area contributed by atoms with Crippen LogP contribution in [0, 0.1) is 5.92 Å². The molecule has 156 valence electrons. The number of rotatable bonds is 5. The summed E-state index contributed by atoms with van der Waals surface area (Å²) in [7, 11) is -3.56. The molecule has 0 aromatic heterocycles. The summed E-state index contributed by atoms with van der Waals surface area (Å²) in [5.41, 5.74) is 0.933.